The summed E-state index contributed by atoms with van der Waals surface area (Å²) >= 11 is 0. The molecular weight excluding hydrogens is 603 g/mol. The molecule has 8 aromatic rings. The second-order valence-electron chi connectivity index (χ2n) is 14.3. The SMILES string of the molecule is CC1(C)c2cc(C#N)ccc2-c2ccc(-c3c4ccccc4c4c5c(cccc35)-c3ccccc3C4(c3ccccc3)c3ccccc3)cc21. The standard InChI is InChI=1S/C49H33N/c1-48(2)43-28-31(30-50)24-26-36(43)37-27-25-32(29-44(37)48)45-39-19-9-10-20-40(39)47-46-38(21-13-22-41(45)46)35-18-11-12-23-42(35)49(47,33-14-5-3-6-15-33)34-16-7-4-8-17-34/h3-29H,1-2H3. The predicted octanol–water partition coefficient (Wildman–Crippen LogP) is 12.2. The van der Waals surface area contributed by atoms with Gasteiger partial charge in [-0.15, -0.1) is 0 Å². The first-order chi connectivity index (χ1) is 24.5. The van der Waals surface area contributed by atoms with Crippen LogP contribution in [0.1, 0.15) is 52.8 Å². The van der Waals surface area contributed by atoms with E-state index in [2.05, 4.69) is 178 Å². The van der Waals surface area contributed by atoms with Crippen molar-refractivity contribution in [2.75, 3.05) is 0 Å². The summed E-state index contributed by atoms with van der Waals surface area (Å²) in [6.45, 7) is 4.59. The van der Waals surface area contributed by atoms with Gasteiger partial charge < -0.3 is 0 Å². The van der Waals surface area contributed by atoms with Gasteiger partial charge in [0, 0.05) is 5.41 Å². The normalized spacial score (nSPS) is 14.5. The molecule has 0 saturated carbocycles. The second kappa shape index (κ2) is 10.4. The van der Waals surface area contributed by atoms with Crippen LogP contribution in [0.15, 0.2) is 164 Å². The molecule has 0 bridgehead atoms. The molecule has 0 unspecified atom stereocenters. The quantitative estimate of drug-likeness (QED) is 0.177. The van der Waals surface area contributed by atoms with Gasteiger partial charge in [-0.1, -0.05) is 159 Å². The van der Waals surface area contributed by atoms with E-state index in [4.69, 9.17) is 0 Å². The maximum absolute atomic E-state index is 9.71. The van der Waals surface area contributed by atoms with Gasteiger partial charge in [0.25, 0.3) is 0 Å². The Labute approximate surface area is 292 Å². The Bertz CT molecular complexity index is 2690. The van der Waals surface area contributed by atoms with Crippen molar-refractivity contribution in [3.05, 3.63) is 203 Å². The van der Waals surface area contributed by atoms with Crippen LogP contribution in [0.4, 0.5) is 0 Å². The van der Waals surface area contributed by atoms with Crippen LogP contribution < -0.4 is 0 Å². The van der Waals surface area contributed by atoms with Gasteiger partial charge in [0.1, 0.15) is 0 Å². The van der Waals surface area contributed by atoms with E-state index in [0.29, 0.717) is 5.56 Å². The molecule has 0 heterocycles. The van der Waals surface area contributed by atoms with Gasteiger partial charge in [0.2, 0.25) is 0 Å². The van der Waals surface area contributed by atoms with Crippen molar-refractivity contribution in [2.24, 2.45) is 0 Å². The average Bonchev–Trinajstić information content (AvgIpc) is 3.40. The van der Waals surface area contributed by atoms with Crippen molar-refractivity contribution in [2.45, 2.75) is 24.7 Å². The molecule has 0 spiro atoms. The minimum Gasteiger partial charge on any atom is -0.192 e. The molecule has 234 valence electrons. The van der Waals surface area contributed by atoms with Crippen LogP contribution in [0.25, 0.3) is 54.9 Å². The molecule has 8 aromatic carbocycles. The zero-order chi connectivity index (χ0) is 33.6. The summed E-state index contributed by atoms with van der Waals surface area (Å²) in [4.78, 5) is 0. The molecule has 2 aliphatic carbocycles. The molecule has 0 aliphatic heterocycles. The van der Waals surface area contributed by atoms with Crippen molar-refractivity contribution in [1.29, 1.82) is 5.26 Å². The highest BCUT2D eigenvalue weighted by Crippen LogP contribution is 2.59. The third kappa shape index (κ3) is 3.66. The van der Waals surface area contributed by atoms with Gasteiger partial charge in [-0.05, 0) is 107 Å². The van der Waals surface area contributed by atoms with Crippen molar-refractivity contribution in [3.8, 4) is 39.4 Å². The van der Waals surface area contributed by atoms with Crippen molar-refractivity contribution >= 4 is 21.5 Å². The first-order valence-electron chi connectivity index (χ1n) is 17.4. The van der Waals surface area contributed by atoms with Gasteiger partial charge in [0.05, 0.1) is 17.0 Å². The Kier molecular flexibility index (Phi) is 5.97. The van der Waals surface area contributed by atoms with E-state index in [-0.39, 0.29) is 5.41 Å². The minimum atomic E-state index is -0.538. The molecule has 0 aromatic heterocycles. The van der Waals surface area contributed by atoms with Crippen LogP contribution in [-0.2, 0) is 10.8 Å². The van der Waals surface area contributed by atoms with Gasteiger partial charge >= 0.3 is 0 Å². The number of benzene rings is 8. The molecule has 0 N–H and O–H groups in total. The summed E-state index contributed by atoms with van der Waals surface area (Å²) in [7, 11) is 0. The van der Waals surface area contributed by atoms with Crippen LogP contribution in [-0.4, -0.2) is 0 Å². The molecule has 2 aliphatic rings. The summed E-state index contributed by atoms with van der Waals surface area (Å²) in [5.74, 6) is 0. The molecular formula is C49H33N. The number of hydrogen-bond donors (Lipinski definition) is 0. The van der Waals surface area contributed by atoms with E-state index in [0.717, 1.165) is 0 Å². The fraction of sp³-hybridized carbons (Fsp3) is 0.0816. The Morgan fingerprint density at radius 2 is 1.02 bits per heavy atom. The van der Waals surface area contributed by atoms with Crippen LogP contribution in [0, 0.1) is 11.3 Å². The van der Waals surface area contributed by atoms with Crippen LogP contribution in [0.2, 0.25) is 0 Å². The summed E-state index contributed by atoms with van der Waals surface area (Å²) in [5, 5.41) is 14.8. The topological polar surface area (TPSA) is 23.8 Å². The summed E-state index contributed by atoms with van der Waals surface area (Å²) < 4.78 is 0. The number of rotatable bonds is 3. The van der Waals surface area contributed by atoms with E-state index in [1.165, 1.54) is 88.3 Å². The zero-order valence-electron chi connectivity index (χ0n) is 28.0. The molecule has 0 saturated heterocycles. The lowest BCUT2D eigenvalue weighted by Crippen LogP contribution is -2.34. The maximum Gasteiger partial charge on any atom is 0.0991 e. The lowest BCUT2D eigenvalue weighted by atomic mass is 9.58. The van der Waals surface area contributed by atoms with E-state index in [1.54, 1.807) is 0 Å². The minimum absolute atomic E-state index is 0.232. The van der Waals surface area contributed by atoms with Crippen molar-refractivity contribution in [3.63, 3.8) is 0 Å². The Hall–Kier alpha value is -6.23. The highest BCUT2D eigenvalue weighted by atomic mass is 14.5. The highest BCUT2D eigenvalue weighted by Gasteiger charge is 2.46. The fourth-order valence-electron chi connectivity index (χ4n) is 9.44. The Morgan fingerprint density at radius 3 is 1.74 bits per heavy atom. The average molecular weight is 636 g/mol. The van der Waals surface area contributed by atoms with Crippen molar-refractivity contribution < 1.29 is 0 Å². The largest absolute Gasteiger partial charge is 0.192 e. The van der Waals surface area contributed by atoms with Crippen LogP contribution >= 0.6 is 0 Å². The molecule has 1 heteroatoms. The molecule has 0 amide bonds. The van der Waals surface area contributed by atoms with Crippen LogP contribution in [0.5, 0.6) is 0 Å². The third-order valence-corrected chi connectivity index (χ3v) is 11.6. The first-order valence-corrected chi connectivity index (χ1v) is 17.4. The molecule has 0 fully saturated rings. The number of nitrogens with zero attached hydrogens (tertiary/aromatic N) is 1. The number of hydrogen-bond acceptors (Lipinski definition) is 1. The van der Waals surface area contributed by atoms with Gasteiger partial charge in [-0.25, -0.2) is 0 Å². The number of fused-ring (bicyclic) bond motifs is 7. The lowest BCUT2D eigenvalue weighted by molar-refractivity contribution is 0.660. The van der Waals surface area contributed by atoms with E-state index in [9.17, 15) is 5.26 Å². The van der Waals surface area contributed by atoms with Gasteiger partial charge in [-0.3, -0.25) is 0 Å². The van der Waals surface area contributed by atoms with E-state index < -0.39 is 5.41 Å². The zero-order valence-corrected chi connectivity index (χ0v) is 28.0. The fourth-order valence-corrected chi connectivity index (χ4v) is 9.44. The summed E-state index contributed by atoms with van der Waals surface area (Å²) in [5.41, 5.74) is 15.2. The summed E-state index contributed by atoms with van der Waals surface area (Å²) in [6, 6.07) is 62.8. The monoisotopic (exact) mass is 635 g/mol. The highest BCUT2D eigenvalue weighted by molar-refractivity contribution is 6.21. The molecule has 1 nitrogen and oxygen atoms in total. The molecule has 0 atom stereocenters. The summed E-state index contributed by atoms with van der Waals surface area (Å²) in [6.07, 6.45) is 0. The van der Waals surface area contributed by atoms with Gasteiger partial charge in [-0.2, -0.15) is 5.26 Å². The maximum atomic E-state index is 9.71. The second-order valence-corrected chi connectivity index (χ2v) is 14.3. The van der Waals surface area contributed by atoms with Crippen molar-refractivity contribution in [1.82, 2.24) is 0 Å². The number of nitriles is 1. The van der Waals surface area contributed by atoms with E-state index in [1.807, 2.05) is 6.07 Å². The lowest BCUT2D eigenvalue weighted by Gasteiger charge is -2.43. The van der Waals surface area contributed by atoms with E-state index >= 15 is 0 Å². The van der Waals surface area contributed by atoms with Gasteiger partial charge in [0.15, 0.2) is 0 Å². The van der Waals surface area contributed by atoms with Crippen LogP contribution in [0.3, 0.4) is 0 Å². The molecule has 50 heavy (non-hydrogen) atoms. The predicted molar refractivity (Wildman–Crippen MR) is 206 cm³/mol. The Morgan fingerprint density at radius 1 is 0.460 bits per heavy atom. The smallest absolute Gasteiger partial charge is 0.0991 e. The third-order valence-electron chi connectivity index (χ3n) is 11.6. The Balaban J connectivity index is 1.36. The first kappa shape index (κ1) is 28.8. The molecule has 10 rings (SSSR count). The molecule has 0 radical (unpaired) electrons.